The largest absolute Gasteiger partial charge is 0.382 e. The van der Waals surface area contributed by atoms with Crippen LogP contribution in [0.4, 0.5) is 0 Å². The second-order valence-corrected chi connectivity index (χ2v) is 4.09. The van der Waals surface area contributed by atoms with E-state index >= 15 is 0 Å². The van der Waals surface area contributed by atoms with Gasteiger partial charge >= 0.3 is 11.4 Å². The minimum Gasteiger partial charge on any atom is -0.382 e. The van der Waals surface area contributed by atoms with Gasteiger partial charge in [0.15, 0.2) is 0 Å². The molecule has 1 heterocycles. The summed E-state index contributed by atoms with van der Waals surface area (Å²) in [7, 11) is 0. The predicted octanol–water partition coefficient (Wildman–Crippen LogP) is 1.83. The van der Waals surface area contributed by atoms with Crippen molar-refractivity contribution in [2.75, 3.05) is 0 Å². The molecule has 1 unspecified atom stereocenters. The van der Waals surface area contributed by atoms with Crippen molar-refractivity contribution in [2.24, 2.45) is 0 Å². The van der Waals surface area contributed by atoms with E-state index in [0.29, 0.717) is 5.76 Å². The molecule has 1 saturated carbocycles. The molecule has 1 spiro atoms. The van der Waals surface area contributed by atoms with E-state index in [1.165, 1.54) is 6.42 Å². The molecule has 0 aromatic rings. The highest BCUT2D eigenvalue weighted by Crippen LogP contribution is 2.42. The molecule has 2 rings (SSSR count). The summed E-state index contributed by atoms with van der Waals surface area (Å²) in [6.45, 7) is 3.74. The van der Waals surface area contributed by atoms with Crippen molar-refractivity contribution in [3.63, 3.8) is 0 Å². The molecule has 1 aliphatic heterocycles. The standard InChI is InChI=1S/C8H12O3S/c1-7-8(11-12(9)10-7)5-3-2-4-6-8/h1-6H2. The molecular weight excluding hydrogens is 176 g/mol. The Morgan fingerprint density at radius 3 is 2.50 bits per heavy atom. The Morgan fingerprint density at radius 1 is 1.33 bits per heavy atom. The average molecular weight is 188 g/mol. The minimum absolute atomic E-state index is 0.414. The van der Waals surface area contributed by atoms with Crippen LogP contribution in [0.5, 0.6) is 0 Å². The third kappa shape index (κ3) is 1.19. The second kappa shape index (κ2) is 2.85. The van der Waals surface area contributed by atoms with E-state index in [0.717, 1.165) is 25.7 Å². The maximum absolute atomic E-state index is 10.9. The fourth-order valence-electron chi connectivity index (χ4n) is 1.84. The van der Waals surface area contributed by atoms with Gasteiger partial charge in [0.25, 0.3) is 0 Å². The summed E-state index contributed by atoms with van der Waals surface area (Å²) in [5.74, 6) is 0.556. The van der Waals surface area contributed by atoms with Gasteiger partial charge in [-0.05, 0) is 12.8 Å². The third-order valence-electron chi connectivity index (χ3n) is 2.57. The Labute approximate surface area is 74.6 Å². The maximum atomic E-state index is 10.9. The van der Waals surface area contributed by atoms with Crippen molar-refractivity contribution in [1.29, 1.82) is 0 Å². The number of hydrogen-bond acceptors (Lipinski definition) is 3. The van der Waals surface area contributed by atoms with Gasteiger partial charge in [-0.2, -0.15) is 4.21 Å². The molecule has 0 radical (unpaired) electrons. The van der Waals surface area contributed by atoms with E-state index in [1.54, 1.807) is 0 Å². The molecule has 0 bridgehead atoms. The monoisotopic (exact) mass is 188 g/mol. The number of rotatable bonds is 0. The van der Waals surface area contributed by atoms with Crippen molar-refractivity contribution in [3.05, 3.63) is 12.3 Å². The van der Waals surface area contributed by atoms with E-state index < -0.39 is 17.0 Å². The zero-order chi connectivity index (χ0) is 8.60. The first-order chi connectivity index (χ1) is 5.73. The highest BCUT2D eigenvalue weighted by Gasteiger charge is 2.46. The summed E-state index contributed by atoms with van der Waals surface area (Å²) in [5, 5.41) is 0. The summed E-state index contributed by atoms with van der Waals surface area (Å²) in [4.78, 5) is 0. The van der Waals surface area contributed by atoms with Gasteiger partial charge in [0.2, 0.25) is 0 Å². The molecule has 12 heavy (non-hydrogen) atoms. The van der Waals surface area contributed by atoms with Gasteiger partial charge in [0.05, 0.1) is 0 Å². The van der Waals surface area contributed by atoms with Crippen LogP contribution in [0.15, 0.2) is 12.3 Å². The molecular formula is C8H12O3S. The summed E-state index contributed by atoms with van der Waals surface area (Å²) in [5.41, 5.74) is -0.414. The Kier molecular flexibility index (Phi) is 1.96. The lowest BCUT2D eigenvalue weighted by Crippen LogP contribution is -2.31. The molecule has 1 atom stereocenters. The van der Waals surface area contributed by atoms with Crippen molar-refractivity contribution >= 4 is 11.4 Å². The SMILES string of the molecule is C=C1OS(=O)OC12CCCCC2. The van der Waals surface area contributed by atoms with Gasteiger partial charge in [0.1, 0.15) is 11.4 Å². The Morgan fingerprint density at radius 2 is 2.00 bits per heavy atom. The molecule has 2 aliphatic rings. The van der Waals surface area contributed by atoms with Gasteiger partial charge in [-0.1, -0.05) is 25.8 Å². The van der Waals surface area contributed by atoms with Crippen LogP contribution in [0.2, 0.25) is 0 Å². The van der Waals surface area contributed by atoms with Gasteiger partial charge in [-0.15, -0.1) is 0 Å². The number of hydrogen-bond donors (Lipinski definition) is 0. The van der Waals surface area contributed by atoms with Crippen molar-refractivity contribution < 1.29 is 12.6 Å². The molecule has 0 aromatic heterocycles. The van der Waals surface area contributed by atoms with Crippen molar-refractivity contribution in [2.45, 2.75) is 37.7 Å². The summed E-state index contributed by atoms with van der Waals surface area (Å²) >= 11 is -1.59. The normalized spacial score (nSPS) is 33.7. The molecule has 0 aromatic carbocycles. The van der Waals surface area contributed by atoms with Crippen LogP contribution < -0.4 is 0 Å². The van der Waals surface area contributed by atoms with Crippen LogP contribution in [-0.2, 0) is 19.7 Å². The predicted molar refractivity (Wildman–Crippen MR) is 45.3 cm³/mol. The first kappa shape index (κ1) is 8.26. The highest BCUT2D eigenvalue weighted by atomic mass is 32.2. The first-order valence-electron chi connectivity index (χ1n) is 4.22. The van der Waals surface area contributed by atoms with Crippen LogP contribution in [0.1, 0.15) is 32.1 Å². The molecule has 1 aliphatic carbocycles. The van der Waals surface area contributed by atoms with Gasteiger partial charge in [0, 0.05) is 0 Å². The van der Waals surface area contributed by atoms with E-state index in [-0.39, 0.29) is 0 Å². The molecule has 0 amide bonds. The fraction of sp³-hybridized carbons (Fsp3) is 0.750. The van der Waals surface area contributed by atoms with Crippen LogP contribution >= 0.6 is 0 Å². The van der Waals surface area contributed by atoms with E-state index in [4.69, 9.17) is 8.37 Å². The van der Waals surface area contributed by atoms with E-state index in [2.05, 4.69) is 6.58 Å². The zero-order valence-corrected chi connectivity index (χ0v) is 7.69. The molecule has 0 N–H and O–H groups in total. The smallest absolute Gasteiger partial charge is 0.360 e. The van der Waals surface area contributed by atoms with E-state index in [1.807, 2.05) is 0 Å². The third-order valence-corrected chi connectivity index (χ3v) is 3.36. The Bertz CT molecular complexity index is 230. The lowest BCUT2D eigenvalue weighted by molar-refractivity contribution is 0.0901. The Hall–Kier alpha value is -0.350. The minimum atomic E-state index is -1.59. The summed E-state index contributed by atoms with van der Waals surface area (Å²) in [6, 6.07) is 0. The molecule has 1 saturated heterocycles. The van der Waals surface area contributed by atoms with Crippen molar-refractivity contribution in [1.82, 2.24) is 0 Å². The van der Waals surface area contributed by atoms with E-state index in [9.17, 15) is 4.21 Å². The zero-order valence-electron chi connectivity index (χ0n) is 6.88. The van der Waals surface area contributed by atoms with Crippen molar-refractivity contribution in [3.8, 4) is 0 Å². The fourth-order valence-corrected chi connectivity index (χ4v) is 2.71. The lowest BCUT2D eigenvalue weighted by atomic mass is 9.84. The molecule has 68 valence electrons. The molecule has 3 nitrogen and oxygen atoms in total. The van der Waals surface area contributed by atoms with Gasteiger partial charge in [-0.25, -0.2) is 4.18 Å². The molecule has 4 heteroatoms. The van der Waals surface area contributed by atoms with Crippen LogP contribution in [0, 0.1) is 0 Å². The quantitative estimate of drug-likeness (QED) is 0.581. The van der Waals surface area contributed by atoms with Gasteiger partial charge in [-0.3, -0.25) is 0 Å². The lowest BCUT2D eigenvalue weighted by Gasteiger charge is -2.28. The summed E-state index contributed by atoms with van der Waals surface area (Å²) in [6.07, 6.45) is 5.25. The summed E-state index contributed by atoms with van der Waals surface area (Å²) < 4.78 is 21.1. The molecule has 2 fully saturated rings. The van der Waals surface area contributed by atoms with Crippen LogP contribution in [0.25, 0.3) is 0 Å². The highest BCUT2D eigenvalue weighted by molar-refractivity contribution is 7.75. The van der Waals surface area contributed by atoms with Crippen LogP contribution in [-0.4, -0.2) is 9.81 Å². The first-order valence-corrected chi connectivity index (χ1v) is 5.22. The maximum Gasteiger partial charge on any atom is 0.360 e. The van der Waals surface area contributed by atoms with Crippen LogP contribution in [0.3, 0.4) is 0 Å². The topological polar surface area (TPSA) is 35.5 Å². The average Bonchev–Trinajstić information content (AvgIpc) is 2.29. The second-order valence-electron chi connectivity index (χ2n) is 3.35. The Balaban J connectivity index is 2.18. The van der Waals surface area contributed by atoms with Gasteiger partial charge < -0.3 is 4.18 Å².